The predicted octanol–water partition coefficient (Wildman–Crippen LogP) is 1.69. The molecule has 2 fully saturated rings. The first-order valence-corrected chi connectivity index (χ1v) is 9.17. The lowest BCUT2D eigenvalue weighted by molar-refractivity contribution is -0.117. The molecule has 0 radical (unpaired) electrons. The third-order valence-corrected chi connectivity index (χ3v) is 5.17. The summed E-state index contributed by atoms with van der Waals surface area (Å²) in [4.78, 5) is 41.6. The molecule has 26 heavy (non-hydrogen) atoms. The molecule has 7 nitrogen and oxygen atoms in total. The lowest BCUT2D eigenvalue weighted by atomic mass is 10.1. The van der Waals surface area contributed by atoms with E-state index in [4.69, 9.17) is 0 Å². The fraction of sp³-hybridized carbons (Fsp3) is 0.526. The van der Waals surface area contributed by atoms with Crippen molar-refractivity contribution >= 4 is 23.5 Å². The average molecular weight is 358 g/mol. The predicted molar refractivity (Wildman–Crippen MR) is 99.2 cm³/mol. The van der Waals surface area contributed by atoms with Crippen LogP contribution in [0.15, 0.2) is 24.3 Å². The first kappa shape index (κ1) is 18.4. The van der Waals surface area contributed by atoms with Crippen LogP contribution in [0, 0.1) is 0 Å². The maximum Gasteiger partial charge on any atom is 0.329 e. The zero-order chi connectivity index (χ0) is 18.8. The van der Waals surface area contributed by atoms with E-state index in [-0.39, 0.29) is 18.4 Å². The zero-order valence-electron chi connectivity index (χ0n) is 15.6. The van der Waals surface area contributed by atoms with Gasteiger partial charge in [-0.2, -0.15) is 0 Å². The van der Waals surface area contributed by atoms with Crippen molar-refractivity contribution in [1.82, 2.24) is 15.1 Å². The summed E-state index contributed by atoms with van der Waals surface area (Å²) in [7, 11) is 0. The highest BCUT2D eigenvalue weighted by Gasteiger charge is 2.31. The number of rotatable bonds is 4. The van der Waals surface area contributed by atoms with Crippen LogP contribution in [0.25, 0.3) is 0 Å². The summed E-state index contributed by atoms with van der Waals surface area (Å²) < 4.78 is 0. The minimum absolute atomic E-state index is 0.0142. The van der Waals surface area contributed by atoms with Crippen LogP contribution in [0.5, 0.6) is 0 Å². The molecule has 1 unspecified atom stereocenters. The minimum Gasteiger partial charge on any atom is -0.336 e. The van der Waals surface area contributed by atoms with Gasteiger partial charge in [-0.15, -0.1) is 0 Å². The maximum absolute atomic E-state index is 12.8. The summed E-state index contributed by atoms with van der Waals surface area (Å²) in [5, 5.41) is 2.25. The number of amides is 4. The molecule has 3 rings (SSSR count). The molecular weight excluding hydrogens is 332 g/mol. The topological polar surface area (TPSA) is 73.0 Å². The molecule has 1 atom stereocenters. The molecule has 0 spiro atoms. The first-order chi connectivity index (χ1) is 12.4. The van der Waals surface area contributed by atoms with E-state index in [1.807, 2.05) is 4.90 Å². The normalized spacial score (nSPS) is 21.5. The number of hydrogen-bond acceptors (Lipinski definition) is 4. The van der Waals surface area contributed by atoms with Crippen molar-refractivity contribution in [2.45, 2.75) is 39.3 Å². The van der Waals surface area contributed by atoms with E-state index in [2.05, 4.69) is 31.0 Å². The van der Waals surface area contributed by atoms with Gasteiger partial charge >= 0.3 is 6.03 Å². The van der Waals surface area contributed by atoms with E-state index in [9.17, 15) is 14.4 Å². The summed E-state index contributed by atoms with van der Waals surface area (Å²) in [6.07, 6.45) is 1.01. The van der Waals surface area contributed by atoms with Crippen LogP contribution in [-0.2, 0) is 4.79 Å². The summed E-state index contributed by atoms with van der Waals surface area (Å²) in [5.41, 5.74) is 1.22. The van der Waals surface area contributed by atoms with Crippen molar-refractivity contribution in [2.75, 3.05) is 31.1 Å². The van der Waals surface area contributed by atoms with Crippen LogP contribution in [0.1, 0.15) is 37.6 Å². The number of nitrogens with zero attached hydrogens (tertiary/aromatic N) is 3. The molecule has 2 aliphatic heterocycles. The molecule has 7 heteroatoms. The molecule has 1 N–H and O–H groups in total. The van der Waals surface area contributed by atoms with Crippen molar-refractivity contribution in [3.05, 3.63) is 29.8 Å². The number of urea groups is 1. The van der Waals surface area contributed by atoms with E-state index in [0.717, 1.165) is 26.1 Å². The highest BCUT2D eigenvalue weighted by atomic mass is 16.2. The third-order valence-electron chi connectivity index (χ3n) is 5.17. The van der Waals surface area contributed by atoms with Gasteiger partial charge in [0.2, 0.25) is 5.91 Å². The SMILES string of the molecule is CCC1CN(C(=O)c2ccc(N3CC(=O)NC3=O)cc2)CCN1C(C)C. The van der Waals surface area contributed by atoms with Crippen molar-refractivity contribution < 1.29 is 14.4 Å². The van der Waals surface area contributed by atoms with E-state index >= 15 is 0 Å². The second kappa shape index (κ2) is 7.45. The zero-order valence-corrected chi connectivity index (χ0v) is 15.6. The smallest absolute Gasteiger partial charge is 0.329 e. The van der Waals surface area contributed by atoms with Crippen LogP contribution in [0.2, 0.25) is 0 Å². The Labute approximate surface area is 153 Å². The van der Waals surface area contributed by atoms with Gasteiger partial charge in [0.15, 0.2) is 0 Å². The lowest BCUT2D eigenvalue weighted by Crippen LogP contribution is -2.56. The first-order valence-electron chi connectivity index (χ1n) is 9.17. The van der Waals surface area contributed by atoms with Gasteiger partial charge in [-0.1, -0.05) is 6.92 Å². The molecule has 2 heterocycles. The Morgan fingerprint density at radius 2 is 1.88 bits per heavy atom. The Hall–Kier alpha value is -2.41. The van der Waals surface area contributed by atoms with E-state index < -0.39 is 6.03 Å². The molecule has 2 saturated heterocycles. The molecular formula is C19H26N4O3. The summed E-state index contributed by atoms with van der Waals surface area (Å²) in [5.74, 6) is -0.302. The number of carbonyl (C=O) groups excluding carboxylic acids is 3. The quantitative estimate of drug-likeness (QED) is 0.832. The highest BCUT2D eigenvalue weighted by Crippen LogP contribution is 2.21. The maximum atomic E-state index is 12.8. The molecule has 0 saturated carbocycles. The fourth-order valence-corrected chi connectivity index (χ4v) is 3.71. The van der Waals surface area contributed by atoms with Crippen molar-refractivity contribution in [3.8, 4) is 0 Å². The Bertz CT molecular complexity index is 701. The summed E-state index contributed by atoms with van der Waals surface area (Å²) in [6, 6.07) is 7.31. The summed E-state index contributed by atoms with van der Waals surface area (Å²) in [6.45, 7) is 8.90. The molecule has 140 valence electrons. The minimum atomic E-state index is -0.426. The number of anilines is 1. The van der Waals surface area contributed by atoms with Crippen molar-refractivity contribution in [2.24, 2.45) is 0 Å². The van der Waals surface area contributed by atoms with Gasteiger partial charge in [-0.25, -0.2) is 4.79 Å². The Morgan fingerprint density at radius 1 is 1.19 bits per heavy atom. The van der Waals surface area contributed by atoms with Gasteiger partial charge in [0.1, 0.15) is 6.54 Å². The van der Waals surface area contributed by atoms with Crippen LogP contribution < -0.4 is 10.2 Å². The summed E-state index contributed by atoms with van der Waals surface area (Å²) >= 11 is 0. The number of carbonyl (C=O) groups is 3. The van der Waals surface area contributed by atoms with Crippen LogP contribution in [0.3, 0.4) is 0 Å². The highest BCUT2D eigenvalue weighted by molar-refractivity contribution is 6.12. The van der Waals surface area contributed by atoms with Gasteiger partial charge in [-0.05, 0) is 44.5 Å². The number of piperazine rings is 1. The van der Waals surface area contributed by atoms with Crippen molar-refractivity contribution in [1.29, 1.82) is 0 Å². The number of benzene rings is 1. The van der Waals surface area contributed by atoms with Gasteiger partial charge in [0, 0.05) is 43.0 Å². The van der Waals surface area contributed by atoms with E-state index in [0.29, 0.717) is 23.3 Å². The van der Waals surface area contributed by atoms with Gasteiger partial charge in [0.25, 0.3) is 5.91 Å². The van der Waals surface area contributed by atoms with Gasteiger partial charge in [-0.3, -0.25) is 24.7 Å². The van der Waals surface area contributed by atoms with Crippen molar-refractivity contribution in [3.63, 3.8) is 0 Å². The third kappa shape index (κ3) is 3.58. The second-order valence-electron chi connectivity index (χ2n) is 7.13. The van der Waals surface area contributed by atoms with Crippen LogP contribution >= 0.6 is 0 Å². The number of nitrogens with one attached hydrogen (secondary N) is 1. The molecule has 4 amide bonds. The largest absolute Gasteiger partial charge is 0.336 e. The molecule has 0 aliphatic carbocycles. The monoisotopic (exact) mass is 358 g/mol. The van der Waals surface area contributed by atoms with E-state index in [1.54, 1.807) is 24.3 Å². The fourth-order valence-electron chi connectivity index (χ4n) is 3.71. The molecule has 0 aromatic heterocycles. The molecule has 2 aliphatic rings. The molecule has 1 aromatic carbocycles. The van der Waals surface area contributed by atoms with Crippen LogP contribution in [0.4, 0.5) is 10.5 Å². The standard InChI is InChI=1S/C19H26N4O3/c1-4-15-11-21(9-10-22(15)13(2)3)18(25)14-5-7-16(8-6-14)23-12-17(24)20-19(23)26/h5-8,13,15H,4,9-12H2,1-3H3,(H,20,24,26). The van der Waals surface area contributed by atoms with Crippen LogP contribution in [-0.4, -0.2) is 65.9 Å². The second-order valence-corrected chi connectivity index (χ2v) is 7.13. The molecule has 0 bridgehead atoms. The van der Waals surface area contributed by atoms with Gasteiger partial charge < -0.3 is 4.90 Å². The van der Waals surface area contributed by atoms with E-state index in [1.165, 1.54) is 4.90 Å². The lowest BCUT2D eigenvalue weighted by Gasteiger charge is -2.43. The average Bonchev–Trinajstić information content (AvgIpc) is 2.98. The Kier molecular flexibility index (Phi) is 5.27. The Morgan fingerprint density at radius 3 is 2.42 bits per heavy atom. The van der Waals surface area contributed by atoms with Gasteiger partial charge in [0.05, 0.1) is 0 Å². The molecule has 1 aromatic rings. The number of hydrogen-bond donors (Lipinski definition) is 1. The number of imide groups is 1. The Balaban J connectivity index is 1.69.